The van der Waals surface area contributed by atoms with Crippen LogP contribution in [0.2, 0.25) is 0 Å². The number of benzene rings is 2. The number of ether oxygens (including phenoxy) is 1. The molecule has 0 saturated heterocycles. The first-order valence-electron chi connectivity index (χ1n) is 8.32. The van der Waals surface area contributed by atoms with E-state index in [2.05, 4.69) is 75.1 Å². The van der Waals surface area contributed by atoms with Crippen molar-refractivity contribution in [2.75, 3.05) is 31.1 Å². The van der Waals surface area contributed by atoms with Gasteiger partial charge in [0.15, 0.2) is 0 Å². The van der Waals surface area contributed by atoms with Gasteiger partial charge in [0.05, 0.1) is 11.7 Å². The number of anilines is 1. The zero-order chi connectivity index (χ0) is 16.9. The van der Waals surface area contributed by atoms with Crippen molar-refractivity contribution in [1.82, 2.24) is 5.32 Å². The molecule has 0 spiro atoms. The molecule has 128 valence electrons. The van der Waals surface area contributed by atoms with Crippen LogP contribution in [0.15, 0.2) is 51.8 Å². The monoisotopic (exact) mass is 406 g/mol. The number of para-hydroxylation sites is 1. The van der Waals surface area contributed by atoms with Crippen molar-refractivity contribution < 1.29 is 4.74 Å². The molecule has 0 saturated carbocycles. The number of nitrogens with zero attached hydrogens (tertiary/aromatic N) is 1. The van der Waals surface area contributed by atoms with Crippen molar-refractivity contribution in [3.05, 3.63) is 58.1 Å². The highest BCUT2D eigenvalue weighted by Gasteiger charge is 2.26. The minimum absolute atomic E-state index is 0.198. The number of hydrogen-bond acceptors (Lipinski definition) is 4. The van der Waals surface area contributed by atoms with Gasteiger partial charge in [0.1, 0.15) is 0 Å². The van der Waals surface area contributed by atoms with Crippen molar-refractivity contribution in [2.24, 2.45) is 0 Å². The SMILES string of the molecule is CCOCCCNC1c2ccc(Br)cc2SN(C)c2ccccc21. The molecule has 2 aromatic carbocycles. The van der Waals surface area contributed by atoms with Crippen LogP contribution in [0.4, 0.5) is 5.69 Å². The van der Waals surface area contributed by atoms with Crippen LogP contribution >= 0.6 is 27.9 Å². The van der Waals surface area contributed by atoms with Crippen LogP contribution in [0.25, 0.3) is 0 Å². The van der Waals surface area contributed by atoms with E-state index in [0.717, 1.165) is 30.7 Å². The molecular weight excluding hydrogens is 384 g/mol. The maximum atomic E-state index is 5.46. The average Bonchev–Trinajstić information content (AvgIpc) is 2.69. The normalized spacial score (nSPS) is 16.5. The molecular formula is C19H23BrN2OS. The molecule has 1 aliphatic heterocycles. The fraction of sp³-hybridized carbons (Fsp3) is 0.368. The van der Waals surface area contributed by atoms with Gasteiger partial charge in [0, 0.05) is 29.6 Å². The summed E-state index contributed by atoms with van der Waals surface area (Å²) in [5.74, 6) is 0. The van der Waals surface area contributed by atoms with Gasteiger partial charge in [-0.3, -0.25) is 0 Å². The van der Waals surface area contributed by atoms with E-state index in [-0.39, 0.29) is 6.04 Å². The van der Waals surface area contributed by atoms with Crippen LogP contribution < -0.4 is 9.62 Å². The third kappa shape index (κ3) is 3.97. The molecule has 3 rings (SSSR count). The summed E-state index contributed by atoms with van der Waals surface area (Å²) in [5, 5.41) is 3.74. The average molecular weight is 407 g/mol. The molecule has 1 N–H and O–H groups in total. The maximum Gasteiger partial charge on any atom is 0.0609 e. The first kappa shape index (κ1) is 17.8. The number of rotatable bonds is 6. The predicted octanol–water partition coefficient (Wildman–Crippen LogP) is 5.01. The molecule has 2 aromatic rings. The van der Waals surface area contributed by atoms with Crippen LogP contribution in [0.5, 0.6) is 0 Å². The third-order valence-electron chi connectivity index (χ3n) is 4.13. The van der Waals surface area contributed by atoms with E-state index in [4.69, 9.17) is 4.74 Å². The van der Waals surface area contributed by atoms with Gasteiger partial charge >= 0.3 is 0 Å². The molecule has 1 unspecified atom stereocenters. The first-order valence-corrected chi connectivity index (χ1v) is 9.88. The third-order valence-corrected chi connectivity index (χ3v) is 5.64. The molecule has 0 fully saturated rings. The Balaban J connectivity index is 1.91. The first-order chi connectivity index (χ1) is 11.7. The van der Waals surface area contributed by atoms with Gasteiger partial charge in [0.2, 0.25) is 0 Å². The van der Waals surface area contributed by atoms with E-state index in [1.807, 2.05) is 6.92 Å². The van der Waals surface area contributed by atoms with Crippen LogP contribution in [-0.2, 0) is 4.74 Å². The number of halogens is 1. The molecule has 3 nitrogen and oxygen atoms in total. The molecule has 1 aliphatic rings. The van der Waals surface area contributed by atoms with Gasteiger partial charge in [-0.15, -0.1) is 0 Å². The molecule has 0 bridgehead atoms. The fourth-order valence-corrected chi connectivity index (χ4v) is 4.54. The lowest BCUT2D eigenvalue weighted by molar-refractivity contribution is 0.144. The summed E-state index contributed by atoms with van der Waals surface area (Å²) in [6, 6.07) is 15.4. The molecule has 0 radical (unpaired) electrons. The molecule has 0 aromatic heterocycles. The van der Waals surface area contributed by atoms with Gasteiger partial charge in [-0.2, -0.15) is 0 Å². The molecule has 0 aliphatic carbocycles. The number of nitrogens with one attached hydrogen (secondary N) is 1. The Labute approximate surface area is 157 Å². The van der Waals surface area contributed by atoms with Crippen molar-refractivity contribution in [2.45, 2.75) is 24.3 Å². The fourth-order valence-electron chi connectivity index (χ4n) is 2.99. The lowest BCUT2D eigenvalue weighted by Crippen LogP contribution is -2.25. The van der Waals surface area contributed by atoms with Gasteiger partial charge in [-0.25, -0.2) is 0 Å². The maximum absolute atomic E-state index is 5.46. The van der Waals surface area contributed by atoms with Crippen molar-refractivity contribution in [3.63, 3.8) is 0 Å². The number of fused-ring (bicyclic) bond motifs is 2. The lowest BCUT2D eigenvalue weighted by Gasteiger charge is -2.22. The van der Waals surface area contributed by atoms with E-state index in [9.17, 15) is 0 Å². The van der Waals surface area contributed by atoms with Crippen molar-refractivity contribution in [1.29, 1.82) is 0 Å². The predicted molar refractivity (Wildman–Crippen MR) is 106 cm³/mol. The van der Waals surface area contributed by atoms with Crippen molar-refractivity contribution in [3.8, 4) is 0 Å². The Hall–Kier alpha value is -1.01. The summed E-state index contributed by atoms with van der Waals surface area (Å²) in [7, 11) is 2.13. The molecule has 5 heteroatoms. The summed E-state index contributed by atoms with van der Waals surface area (Å²) in [6.07, 6.45) is 1.02. The van der Waals surface area contributed by atoms with Crippen LogP contribution in [0.1, 0.15) is 30.5 Å². The van der Waals surface area contributed by atoms with Crippen LogP contribution in [-0.4, -0.2) is 26.8 Å². The largest absolute Gasteiger partial charge is 0.382 e. The summed E-state index contributed by atoms with van der Waals surface area (Å²) in [6.45, 7) is 4.56. The summed E-state index contributed by atoms with van der Waals surface area (Å²) < 4.78 is 8.83. The van der Waals surface area contributed by atoms with E-state index >= 15 is 0 Å². The second kappa shape index (κ2) is 8.39. The van der Waals surface area contributed by atoms with Crippen molar-refractivity contribution >= 4 is 33.6 Å². The van der Waals surface area contributed by atoms with Gasteiger partial charge in [-0.05, 0) is 61.2 Å². The highest BCUT2D eigenvalue weighted by molar-refractivity contribution is 9.10. The zero-order valence-electron chi connectivity index (χ0n) is 14.1. The topological polar surface area (TPSA) is 24.5 Å². The second-order valence-electron chi connectivity index (χ2n) is 5.77. The Morgan fingerprint density at radius 2 is 2.04 bits per heavy atom. The zero-order valence-corrected chi connectivity index (χ0v) is 16.5. The van der Waals surface area contributed by atoms with Crippen LogP contribution in [0.3, 0.4) is 0 Å². The number of hydrogen-bond donors (Lipinski definition) is 1. The second-order valence-corrected chi connectivity index (χ2v) is 7.85. The van der Waals surface area contributed by atoms with Gasteiger partial charge in [-0.1, -0.05) is 40.2 Å². The van der Waals surface area contributed by atoms with Gasteiger partial charge < -0.3 is 14.4 Å². The quantitative estimate of drug-likeness (QED) is 0.537. The Morgan fingerprint density at radius 1 is 1.21 bits per heavy atom. The molecule has 1 heterocycles. The summed E-state index contributed by atoms with van der Waals surface area (Å²) >= 11 is 5.38. The van der Waals surface area contributed by atoms with E-state index < -0.39 is 0 Å². The van der Waals surface area contributed by atoms with Crippen LogP contribution in [0, 0.1) is 0 Å². The Morgan fingerprint density at radius 3 is 2.88 bits per heavy atom. The molecule has 1 atom stereocenters. The minimum Gasteiger partial charge on any atom is -0.382 e. The summed E-state index contributed by atoms with van der Waals surface area (Å²) in [4.78, 5) is 1.28. The summed E-state index contributed by atoms with van der Waals surface area (Å²) in [5.41, 5.74) is 3.92. The van der Waals surface area contributed by atoms with E-state index in [1.165, 1.54) is 21.7 Å². The van der Waals surface area contributed by atoms with E-state index in [0.29, 0.717) is 0 Å². The Bertz CT molecular complexity index is 695. The van der Waals surface area contributed by atoms with Gasteiger partial charge in [0.25, 0.3) is 0 Å². The molecule has 0 amide bonds. The molecule has 24 heavy (non-hydrogen) atoms. The highest BCUT2D eigenvalue weighted by atomic mass is 79.9. The standard InChI is InChI=1S/C19H23BrN2OS/c1-3-23-12-6-11-21-19-15-7-4-5-8-17(15)22(2)24-18-13-14(20)9-10-16(18)19/h4-5,7-10,13,19,21H,3,6,11-12H2,1-2H3. The Kier molecular flexibility index (Phi) is 6.22. The minimum atomic E-state index is 0.198. The smallest absolute Gasteiger partial charge is 0.0609 e. The van der Waals surface area contributed by atoms with E-state index in [1.54, 1.807) is 11.9 Å². The highest BCUT2D eigenvalue weighted by Crippen LogP contribution is 2.43. The lowest BCUT2D eigenvalue weighted by atomic mass is 9.97.